The minimum atomic E-state index is -0.319. The molecule has 0 amide bonds. The van der Waals surface area contributed by atoms with Gasteiger partial charge in [-0.25, -0.2) is 14.4 Å². The molecule has 1 saturated heterocycles. The van der Waals surface area contributed by atoms with E-state index in [1.54, 1.807) is 0 Å². The van der Waals surface area contributed by atoms with Crippen LogP contribution >= 0.6 is 0 Å². The summed E-state index contributed by atoms with van der Waals surface area (Å²) < 4.78 is 14.2. The van der Waals surface area contributed by atoms with E-state index in [0.29, 0.717) is 24.0 Å². The van der Waals surface area contributed by atoms with Gasteiger partial charge in [-0.15, -0.1) is 0 Å². The maximum atomic E-state index is 14.2. The van der Waals surface area contributed by atoms with E-state index in [2.05, 4.69) is 20.2 Å². The second kappa shape index (κ2) is 7.53. The van der Waals surface area contributed by atoms with Crippen LogP contribution in [0.15, 0.2) is 6.33 Å². The molecule has 0 spiro atoms. The first-order chi connectivity index (χ1) is 11.2. The molecule has 0 aromatic carbocycles. The highest BCUT2D eigenvalue weighted by molar-refractivity contribution is 5.38. The van der Waals surface area contributed by atoms with Gasteiger partial charge in [-0.05, 0) is 32.1 Å². The molecule has 1 aromatic rings. The highest BCUT2D eigenvalue weighted by Crippen LogP contribution is 2.27. The second-order valence-corrected chi connectivity index (χ2v) is 6.71. The summed E-state index contributed by atoms with van der Waals surface area (Å²) in [5, 5.41) is 13.4. The minimum absolute atomic E-state index is 0.181. The Kier molecular flexibility index (Phi) is 5.43. The number of hydrogen-bond acceptors (Lipinski definition) is 5. The van der Waals surface area contributed by atoms with Crippen LogP contribution in [-0.4, -0.2) is 51.3 Å². The molecule has 0 radical (unpaired) electrons. The lowest BCUT2D eigenvalue weighted by Gasteiger charge is -2.41. The average Bonchev–Trinajstić information content (AvgIpc) is 2.58. The smallest absolute Gasteiger partial charge is 0.186 e. The van der Waals surface area contributed by atoms with Crippen LogP contribution in [0.3, 0.4) is 0 Å². The van der Waals surface area contributed by atoms with Gasteiger partial charge in [0.25, 0.3) is 0 Å². The lowest BCUT2D eigenvalue weighted by atomic mass is 9.89. The van der Waals surface area contributed by atoms with Crippen molar-refractivity contribution in [2.75, 3.05) is 18.4 Å². The lowest BCUT2D eigenvalue weighted by molar-refractivity contribution is 0.00991. The van der Waals surface area contributed by atoms with Crippen LogP contribution < -0.4 is 5.32 Å². The lowest BCUT2D eigenvalue weighted by Crippen LogP contribution is -2.50. The monoisotopic (exact) mass is 322 g/mol. The van der Waals surface area contributed by atoms with Crippen molar-refractivity contribution in [3.8, 4) is 0 Å². The molecule has 2 aliphatic rings. The molecule has 23 heavy (non-hydrogen) atoms. The van der Waals surface area contributed by atoms with Gasteiger partial charge >= 0.3 is 0 Å². The van der Waals surface area contributed by atoms with E-state index in [9.17, 15) is 9.50 Å². The second-order valence-electron chi connectivity index (χ2n) is 6.71. The molecule has 0 bridgehead atoms. The zero-order chi connectivity index (χ0) is 16.2. The Hall–Kier alpha value is -1.27. The molecule has 5 nitrogen and oxygen atoms in total. The van der Waals surface area contributed by atoms with Crippen molar-refractivity contribution in [2.24, 2.45) is 0 Å². The number of piperidine rings is 1. The number of halogens is 1. The molecular formula is C17H27FN4O. The van der Waals surface area contributed by atoms with E-state index in [1.807, 2.05) is 6.92 Å². The summed E-state index contributed by atoms with van der Waals surface area (Å²) in [4.78, 5) is 10.4. The third-order valence-corrected chi connectivity index (χ3v) is 5.23. The van der Waals surface area contributed by atoms with Crippen LogP contribution in [0.25, 0.3) is 0 Å². The normalized spacial score (nSPS) is 27.1. The van der Waals surface area contributed by atoms with Gasteiger partial charge in [-0.3, -0.25) is 4.90 Å². The summed E-state index contributed by atoms with van der Waals surface area (Å²) in [6.07, 6.45) is 8.10. The van der Waals surface area contributed by atoms with Crippen LogP contribution in [0, 0.1) is 5.82 Å². The molecule has 128 valence electrons. The zero-order valence-electron chi connectivity index (χ0n) is 13.8. The van der Waals surface area contributed by atoms with Crippen molar-refractivity contribution in [1.82, 2.24) is 14.9 Å². The van der Waals surface area contributed by atoms with Gasteiger partial charge in [0.05, 0.1) is 11.8 Å². The largest absolute Gasteiger partial charge is 0.391 e. The SMILES string of the molecule is CCc1ncnc(NC2CCN(C3CCCCC3O)CC2)c1F. The van der Waals surface area contributed by atoms with Gasteiger partial charge in [0, 0.05) is 25.2 Å². The molecule has 3 rings (SSSR count). The molecule has 2 N–H and O–H groups in total. The summed E-state index contributed by atoms with van der Waals surface area (Å²) in [7, 11) is 0. The Balaban J connectivity index is 1.55. The molecule has 1 aliphatic carbocycles. The van der Waals surface area contributed by atoms with Crippen molar-refractivity contribution < 1.29 is 9.50 Å². The van der Waals surface area contributed by atoms with Crippen LogP contribution in [-0.2, 0) is 6.42 Å². The Morgan fingerprint density at radius 2 is 1.96 bits per heavy atom. The van der Waals surface area contributed by atoms with Crippen LogP contribution in [0.2, 0.25) is 0 Å². The van der Waals surface area contributed by atoms with Gasteiger partial charge < -0.3 is 10.4 Å². The van der Waals surface area contributed by atoms with Gasteiger partial charge in [-0.1, -0.05) is 19.8 Å². The topological polar surface area (TPSA) is 61.3 Å². The van der Waals surface area contributed by atoms with Crippen molar-refractivity contribution in [3.63, 3.8) is 0 Å². The average molecular weight is 322 g/mol. The number of aliphatic hydroxyl groups is 1. The number of aliphatic hydroxyl groups excluding tert-OH is 1. The van der Waals surface area contributed by atoms with Gasteiger partial charge in [0.15, 0.2) is 11.6 Å². The third-order valence-electron chi connectivity index (χ3n) is 5.23. The molecule has 2 fully saturated rings. The van der Waals surface area contributed by atoms with Crippen LogP contribution in [0.1, 0.15) is 51.1 Å². The van der Waals surface area contributed by atoms with E-state index in [1.165, 1.54) is 12.7 Å². The van der Waals surface area contributed by atoms with Gasteiger partial charge in [0.1, 0.15) is 6.33 Å². The van der Waals surface area contributed by atoms with Crippen molar-refractivity contribution in [1.29, 1.82) is 0 Å². The molecule has 6 heteroatoms. The molecule has 1 aliphatic heterocycles. The number of likely N-dealkylation sites (tertiary alicyclic amines) is 1. The maximum absolute atomic E-state index is 14.2. The Labute approximate surface area is 137 Å². The van der Waals surface area contributed by atoms with Gasteiger partial charge in [0.2, 0.25) is 0 Å². The Morgan fingerprint density at radius 1 is 1.22 bits per heavy atom. The Bertz CT molecular complexity index is 519. The number of nitrogens with one attached hydrogen (secondary N) is 1. The summed E-state index contributed by atoms with van der Waals surface area (Å²) >= 11 is 0. The predicted molar refractivity (Wildman–Crippen MR) is 87.8 cm³/mol. The van der Waals surface area contributed by atoms with Gasteiger partial charge in [-0.2, -0.15) is 0 Å². The molecule has 2 atom stereocenters. The fraction of sp³-hybridized carbons (Fsp3) is 0.765. The number of rotatable bonds is 4. The number of aromatic nitrogens is 2. The van der Waals surface area contributed by atoms with E-state index in [-0.39, 0.29) is 18.0 Å². The van der Waals surface area contributed by atoms with Crippen molar-refractivity contribution >= 4 is 5.82 Å². The summed E-state index contributed by atoms with van der Waals surface area (Å²) in [5.74, 6) is 0.00753. The number of hydrogen-bond donors (Lipinski definition) is 2. The first-order valence-electron chi connectivity index (χ1n) is 8.87. The number of anilines is 1. The molecule has 2 unspecified atom stereocenters. The van der Waals surface area contributed by atoms with E-state index in [4.69, 9.17) is 0 Å². The molecular weight excluding hydrogens is 295 g/mol. The molecule has 2 heterocycles. The Morgan fingerprint density at radius 3 is 2.65 bits per heavy atom. The first kappa shape index (κ1) is 16.6. The standard InChI is InChI=1S/C17H27FN4O/c1-2-13-16(18)17(20-11-19-13)21-12-7-9-22(10-8-12)14-5-3-4-6-15(14)23/h11-12,14-15,23H,2-10H2,1H3,(H,19,20,21). The fourth-order valence-corrected chi connectivity index (χ4v) is 3.84. The maximum Gasteiger partial charge on any atom is 0.186 e. The minimum Gasteiger partial charge on any atom is -0.391 e. The van der Waals surface area contributed by atoms with E-state index < -0.39 is 0 Å². The first-order valence-corrected chi connectivity index (χ1v) is 8.87. The van der Waals surface area contributed by atoms with Crippen molar-refractivity contribution in [3.05, 3.63) is 17.8 Å². The molecule has 1 aromatic heterocycles. The van der Waals surface area contributed by atoms with Crippen molar-refractivity contribution in [2.45, 2.75) is 70.1 Å². The van der Waals surface area contributed by atoms with E-state index in [0.717, 1.165) is 45.2 Å². The molecule has 1 saturated carbocycles. The number of nitrogens with zero attached hydrogens (tertiary/aromatic N) is 3. The van der Waals surface area contributed by atoms with Crippen LogP contribution in [0.5, 0.6) is 0 Å². The number of aryl methyl sites for hydroxylation is 1. The summed E-state index contributed by atoms with van der Waals surface area (Å²) in [6.45, 7) is 3.79. The highest BCUT2D eigenvalue weighted by Gasteiger charge is 2.31. The highest BCUT2D eigenvalue weighted by atomic mass is 19.1. The predicted octanol–water partition coefficient (Wildman–Crippen LogP) is 2.36. The summed E-state index contributed by atoms with van der Waals surface area (Å²) in [6, 6.07) is 0.549. The summed E-state index contributed by atoms with van der Waals surface area (Å²) in [5.41, 5.74) is 0.463. The van der Waals surface area contributed by atoms with Crippen LogP contribution in [0.4, 0.5) is 10.2 Å². The zero-order valence-corrected chi connectivity index (χ0v) is 13.8. The quantitative estimate of drug-likeness (QED) is 0.891. The third kappa shape index (κ3) is 3.80. The van der Waals surface area contributed by atoms with E-state index >= 15 is 0 Å². The fourth-order valence-electron chi connectivity index (χ4n) is 3.84.